The Morgan fingerprint density at radius 1 is 1.13 bits per heavy atom. The van der Waals surface area contributed by atoms with E-state index in [-0.39, 0.29) is 23.3 Å². The van der Waals surface area contributed by atoms with Crippen molar-refractivity contribution < 1.29 is 4.79 Å². The number of carbonyl (C=O) groups is 1. The molecule has 9 nitrogen and oxygen atoms in total. The third-order valence-electron chi connectivity index (χ3n) is 6.15. The number of hydrogen-bond acceptors (Lipinski definition) is 6. The van der Waals surface area contributed by atoms with Gasteiger partial charge < -0.3 is 10.6 Å². The molecule has 0 radical (unpaired) electrons. The SMILES string of the molecule is Nc1n[nH]c(=O)c2c1c(-c1ccc(C(=O)N3CCCC3)cc1)nn2[C@@H]1CCCN(Cl)C1. The van der Waals surface area contributed by atoms with Gasteiger partial charge in [0.05, 0.1) is 11.4 Å². The lowest BCUT2D eigenvalue weighted by Gasteiger charge is -2.28. The molecule has 2 aliphatic rings. The fourth-order valence-corrected chi connectivity index (χ4v) is 4.84. The fourth-order valence-electron chi connectivity index (χ4n) is 4.56. The van der Waals surface area contributed by atoms with E-state index in [1.807, 2.05) is 17.0 Å². The Morgan fingerprint density at radius 3 is 2.58 bits per heavy atom. The van der Waals surface area contributed by atoms with Gasteiger partial charge in [0.2, 0.25) is 0 Å². The zero-order valence-electron chi connectivity index (χ0n) is 17.1. The number of benzene rings is 1. The van der Waals surface area contributed by atoms with Crippen molar-refractivity contribution in [3.05, 3.63) is 40.2 Å². The number of nitrogens with two attached hydrogens (primary N) is 1. The van der Waals surface area contributed by atoms with Crippen LogP contribution in [0.4, 0.5) is 5.82 Å². The van der Waals surface area contributed by atoms with E-state index >= 15 is 0 Å². The summed E-state index contributed by atoms with van der Waals surface area (Å²) in [4.78, 5) is 27.2. The lowest BCUT2D eigenvalue weighted by atomic mass is 10.1. The smallest absolute Gasteiger partial charge is 0.290 e. The van der Waals surface area contributed by atoms with Gasteiger partial charge in [0, 0.05) is 37.3 Å². The summed E-state index contributed by atoms with van der Waals surface area (Å²) in [6.07, 6.45) is 3.88. The van der Waals surface area contributed by atoms with E-state index in [0.29, 0.717) is 28.7 Å². The standard InChI is InChI=1S/C21H24ClN7O2/c22-28-11-3-4-15(12-28)29-18-16(19(23)24-25-20(18)30)17(26-29)13-5-7-14(8-6-13)21(31)27-9-1-2-10-27/h5-8,15H,1-4,9-12H2,(H2,23,24)(H,25,30)/t15-/m1/s1. The van der Waals surface area contributed by atoms with E-state index in [0.717, 1.165) is 50.9 Å². The zero-order chi connectivity index (χ0) is 21.5. The molecule has 0 aliphatic carbocycles. The number of piperidine rings is 1. The molecule has 3 aromatic rings. The van der Waals surface area contributed by atoms with Crippen LogP contribution >= 0.6 is 11.8 Å². The average molecular weight is 442 g/mol. The molecular weight excluding hydrogens is 418 g/mol. The highest BCUT2D eigenvalue weighted by molar-refractivity contribution is 6.13. The van der Waals surface area contributed by atoms with Crippen molar-refractivity contribution >= 4 is 34.4 Å². The highest BCUT2D eigenvalue weighted by Crippen LogP contribution is 2.33. The molecule has 2 aromatic heterocycles. The van der Waals surface area contributed by atoms with Gasteiger partial charge in [-0.2, -0.15) is 10.2 Å². The number of H-pyrrole nitrogens is 1. The molecule has 2 aliphatic heterocycles. The number of fused-ring (bicyclic) bond motifs is 1. The molecule has 2 fully saturated rings. The minimum atomic E-state index is -0.338. The van der Waals surface area contributed by atoms with E-state index in [4.69, 9.17) is 22.6 Å². The first-order chi connectivity index (χ1) is 15.0. The fraction of sp³-hybridized carbons (Fsp3) is 0.429. The molecule has 5 rings (SSSR count). The summed E-state index contributed by atoms with van der Waals surface area (Å²) >= 11 is 6.24. The normalized spacial score (nSPS) is 19.9. The number of likely N-dealkylation sites (tertiary alicyclic amines) is 1. The first-order valence-electron chi connectivity index (χ1n) is 10.6. The van der Waals surface area contributed by atoms with E-state index in [1.165, 1.54) is 0 Å². The lowest BCUT2D eigenvalue weighted by molar-refractivity contribution is 0.0793. The summed E-state index contributed by atoms with van der Waals surface area (Å²) in [5.41, 5.74) is 8.23. The number of anilines is 1. The number of rotatable bonds is 3. The third-order valence-corrected chi connectivity index (χ3v) is 6.46. The molecule has 0 spiro atoms. The topological polar surface area (TPSA) is 113 Å². The van der Waals surface area contributed by atoms with Gasteiger partial charge in [0.15, 0.2) is 5.82 Å². The number of aromatic amines is 1. The molecule has 162 valence electrons. The zero-order valence-corrected chi connectivity index (χ0v) is 17.8. The molecule has 1 aromatic carbocycles. The number of carbonyl (C=O) groups excluding carboxylic acids is 1. The molecule has 3 N–H and O–H groups in total. The van der Waals surface area contributed by atoms with Crippen LogP contribution in [0.25, 0.3) is 22.2 Å². The predicted molar refractivity (Wildman–Crippen MR) is 119 cm³/mol. The second-order valence-corrected chi connectivity index (χ2v) is 8.67. The van der Waals surface area contributed by atoms with Crippen molar-refractivity contribution in [2.24, 2.45) is 0 Å². The molecule has 0 unspecified atom stereocenters. The Bertz CT molecular complexity index is 1180. The maximum Gasteiger partial charge on any atom is 0.290 e. The second kappa shape index (κ2) is 7.97. The Balaban J connectivity index is 1.57. The third kappa shape index (κ3) is 3.57. The van der Waals surface area contributed by atoms with Gasteiger partial charge in [0.25, 0.3) is 11.5 Å². The molecule has 31 heavy (non-hydrogen) atoms. The number of amides is 1. The number of nitrogens with zero attached hydrogens (tertiary/aromatic N) is 5. The second-order valence-electron chi connectivity index (χ2n) is 8.20. The number of nitrogens with one attached hydrogen (secondary N) is 1. The summed E-state index contributed by atoms with van der Waals surface area (Å²) in [7, 11) is 0. The van der Waals surface area contributed by atoms with E-state index in [2.05, 4.69) is 10.2 Å². The van der Waals surface area contributed by atoms with Gasteiger partial charge >= 0.3 is 0 Å². The molecule has 0 bridgehead atoms. The van der Waals surface area contributed by atoms with Crippen LogP contribution < -0.4 is 11.3 Å². The number of aromatic nitrogens is 4. The van der Waals surface area contributed by atoms with Crippen LogP contribution in [0.2, 0.25) is 0 Å². The summed E-state index contributed by atoms with van der Waals surface area (Å²) in [6.45, 7) is 3.00. The van der Waals surface area contributed by atoms with Crippen molar-refractivity contribution in [1.82, 2.24) is 29.3 Å². The van der Waals surface area contributed by atoms with Crippen molar-refractivity contribution in [3.8, 4) is 11.3 Å². The lowest BCUT2D eigenvalue weighted by Crippen LogP contribution is -2.32. The van der Waals surface area contributed by atoms with Crippen LogP contribution in [0, 0.1) is 0 Å². The molecule has 1 atom stereocenters. The minimum absolute atomic E-state index is 0.0404. The van der Waals surface area contributed by atoms with E-state index in [9.17, 15) is 9.59 Å². The van der Waals surface area contributed by atoms with Gasteiger partial charge in [-0.15, -0.1) is 0 Å². The largest absolute Gasteiger partial charge is 0.382 e. The Morgan fingerprint density at radius 2 is 1.87 bits per heavy atom. The van der Waals surface area contributed by atoms with Crippen molar-refractivity contribution in [2.75, 3.05) is 31.9 Å². The number of nitrogen functional groups attached to an aromatic ring is 1. The molecule has 0 saturated carbocycles. The highest BCUT2D eigenvalue weighted by atomic mass is 35.5. The van der Waals surface area contributed by atoms with Crippen LogP contribution in [0.15, 0.2) is 29.1 Å². The monoisotopic (exact) mass is 441 g/mol. The quantitative estimate of drug-likeness (QED) is 0.603. The van der Waals surface area contributed by atoms with Crippen LogP contribution in [-0.4, -0.2) is 61.4 Å². The summed E-state index contributed by atoms with van der Waals surface area (Å²) in [6, 6.07) is 7.27. The van der Waals surface area contributed by atoms with Crippen LogP contribution in [0.1, 0.15) is 42.1 Å². The van der Waals surface area contributed by atoms with E-state index < -0.39 is 0 Å². The number of hydrogen-bond donors (Lipinski definition) is 2. The highest BCUT2D eigenvalue weighted by Gasteiger charge is 2.27. The maximum absolute atomic E-state index is 12.7. The maximum atomic E-state index is 12.7. The van der Waals surface area contributed by atoms with Gasteiger partial charge in [-0.05, 0) is 49.6 Å². The first-order valence-corrected chi connectivity index (χ1v) is 10.9. The summed E-state index contributed by atoms with van der Waals surface area (Å²) in [5.74, 6) is 0.257. The Labute approximate surface area is 183 Å². The summed E-state index contributed by atoms with van der Waals surface area (Å²) < 4.78 is 3.46. The molecular formula is C21H24ClN7O2. The molecule has 1 amide bonds. The first kappa shape index (κ1) is 20.0. The average Bonchev–Trinajstić information content (AvgIpc) is 3.45. The summed E-state index contributed by atoms with van der Waals surface area (Å²) in [5, 5.41) is 11.7. The van der Waals surface area contributed by atoms with Crippen LogP contribution in [-0.2, 0) is 0 Å². The van der Waals surface area contributed by atoms with Gasteiger partial charge in [-0.3, -0.25) is 14.3 Å². The van der Waals surface area contributed by atoms with Crippen LogP contribution in [0.3, 0.4) is 0 Å². The Hall–Kier alpha value is -2.91. The molecule has 10 heteroatoms. The molecule has 2 saturated heterocycles. The van der Waals surface area contributed by atoms with Crippen molar-refractivity contribution in [2.45, 2.75) is 31.7 Å². The van der Waals surface area contributed by atoms with Gasteiger partial charge in [-0.1, -0.05) is 12.1 Å². The van der Waals surface area contributed by atoms with Crippen LogP contribution in [0.5, 0.6) is 0 Å². The predicted octanol–water partition coefficient (Wildman–Crippen LogP) is 2.40. The minimum Gasteiger partial charge on any atom is -0.382 e. The number of halogens is 1. The van der Waals surface area contributed by atoms with E-state index in [1.54, 1.807) is 21.2 Å². The van der Waals surface area contributed by atoms with Gasteiger partial charge in [0.1, 0.15) is 11.2 Å². The Kier molecular flexibility index (Phi) is 5.15. The van der Waals surface area contributed by atoms with Crippen molar-refractivity contribution in [3.63, 3.8) is 0 Å². The van der Waals surface area contributed by atoms with Gasteiger partial charge in [-0.25, -0.2) is 9.52 Å². The van der Waals surface area contributed by atoms with Crippen molar-refractivity contribution in [1.29, 1.82) is 0 Å². The molecule has 4 heterocycles.